The zero-order valence-electron chi connectivity index (χ0n) is 17.7. The minimum atomic E-state index is -3.60. The summed E-state index contributed by atoms with van der Waals surface area (Å²) in [6.45, 7) is 5.41. The van der Waals surface area contributed by atoms with Gasteiger partial charge in [0.05, 0.1) is 18.0 Å². The SMILES string of the molecule is Cc1cccc(C)c1N(CC(=O)N[C@@H](C)c1ccc2c(c1)CCCC2)S(C)(=O)=O. The van der Waals surface area contributed by atoms with E-state index in [2.05, 4.69) is 23.5 Å². The van der Waals surface area contributed by atoms with Crippen molar-refractivity contribution in [2.75, 3.05) is 17.1 Å². The molecule has 0 fully saturated rings. The number of fused-ring (bicyclic) bond motifs is 1. The van der Waals surface area contributed by atoms with Crippen LogP contribution in [0.2, 0.25) is 0 Å². The molecule has 0 aliphatic heterocycles. The van der Waals surface area contributed by atoms with Crippen molar-refractivity contribution >= 4 is 21.6 Å². The van der Waals surface area contributed by atoms with Crippen molar-refractivity contribution in [2.24, 2.45) is 0 Å². The minimum absolute atomic E-state index is 0.186. The van der Waals surface area contributed by atoms with E-state index in [4.69, 9.17) is 0 Å². The second-order valence-corrected chi connectivity index (χ2v) is 9.94. The van der Waals surface area contributed by atoms with Crippen LogP contribution in [0, 0.1) is 13.8 Å². The highest BCUT2D eigenvalue weighted by atomic mass is 32.2. The summed E-state index contributed by atoms with van der Waals surface area (Å²) in [6.07, 6.45) is 5.78. The monoisotopic (exact) mass is 414 g/mol. The number of sulfonamides is 1. The van der Waals surface area contributed by atoms with E-state index in [1.54, 1.807) is 0 Å². The molecule has 0 spiro atoms. The molecule has 1 N–H and O–H groups in total. The number of amides is 1. The van der Waals surface area contributed by atoms with E-state index in [1.165, 1.54) is 28.3 Å². The Morgan fingerprint density at radius 2 is 1.69 bits per heavy atom. The summed E-state index contributed by atoms with van der Waals surface area (Å²) in [7, 11) is -3.60. The number of para-hydroxylation sites is 1. The highest BCUT2D eigenvalue weighted by molar-refractivity contribution is 7.92. The van der Waals surface area contributed by atoms with Crippen LogP contribution in [0.25, 0.3) is 0 Å². The predicted octanol–water partition coefficient (Wildman–Crippen LogP) is 3.83. The van der Waals surface area contributed by atoms with Gasteiger partial charge < -0.3 is 5.32 Å². The van der Waals surface area contributed by atoms with Gasteiger partial charge in [0.1, 0.15) is 6.54 Å². The first-order valence-electron chi connectivity index (χ1n) is 10.1. The molecule has 6 heteroatoms. The number of hydrogen-bond acceptors (Lipinski definition) is 3. The molecule has 0 saturated heterocycles. The molecule has 0 aromatic heterocycles. The highest BCUT2D eigenvalue weighted by Crippen LogP contribution is 2.27. The van der Waals surface area contributed by atoms with Crippen LogP contribution in [-0.4, -0.2) is 27.1 Å². The van der Waals surface area contributed by atoms with Crippen LogP contribution in [-0.2, 0) is 27.7 Å². The second kappa shape index (κ2) is 8.57. The number of benzene rings is 2. The van der Waals surface area contributed by atoms with Gasteiger partial charge in [0.2, 0.25) is 15.9 Å². The number of hydrogen-bond donors (Lipinski definition) is 1. The minimum Gasteiger partial charge on any atom is -0.348 e. The molecule has 0 saturated carbocycles. The molecule has 0 radical (unpaired) electrons. The average molecular weight is 415 g/mol. The third-order valence-electron chi connectivity index (χ3n) is 5.63. The predicted molar refractivity (Wildman–Crippen MR) is 118 cm³/mol. The molecule has 2 aromatic rings. The topological polar surface area (TPSA) is 66.5 Å². The van der Waals surface area contributed by atoms with E-state index < -0.39 is 10.0 Å². The number of anilines is 1. The van der Waals surface area contributed by atoms with Gasteiger partial charge in [0, 0.05) is 0 Å². The lowest BCUT2D eigenvalue weighted by atomic mass is 9.89. The van der Waals surface area contributed by atoms with Crippen LogP contribution < -0.4 is 9.62 Å². The Bertz CT molecular complexity index is 995. The summed E-state index contributed by atoms with van der Waals surface area (Å²) >= 11 is 0. The van der Waals surface area contributed by atoms with Crippen molar-refractivity contribution in [3.05, 3.63) is 64.2 Å². The fraction of sp³-hybridized carbons (Fsp3) is 0.435. The smallest absolute Gasteiger partial charge is 0.241 e. The van der Waals surface area contributed by atoms with Crippen molar-refractivity contribution in [1.29, 1.82) is 0 Å². The molecular formula is C23H30N2O3S. The van der Waals surface area contributed by atoms with Gasteiger partial charge in [-0.1, -0.05) is 36.4 Å². The van der Waals surface area contributed by atoms with Gasteiger partial charge in [-0.2, -0.15) is 0 Å². The Kier molecular flexibility index (Phi) is 6.32. The Hall–Kier alpha value is -2.34. The quantitative estimate of drug-likeness (QED) is 0.781. The zero-order chi connectivity index (χ0) is 21.2. The highest BCUT2D eigenvalue weighted by Gasteiger charge is 2.24. The molecule has 5 nitrogen and oxygen atoms in total. The van der Waals surface area contributed by atoms with E-state index in [1.807, 2.05) is 39.0 Å². The largest absolute Gasteiger partial charge is 0.348 e. The van der Waals surface area contributed by atoms with Gasteiger partial charge in [-0.15, -0.1) is 0 Å². The summed E-state index contributed by atoms with van der Waals surface area (Å²) in [4.78, 5) is 12.8. The van der Waals surface area contributed by atoms with Crippen molar-refractivity contribution in [3.8, 4) is 0 Å². The van der Waals surface area contributed by atoms with Crippen LogP contribution in [0.3, 0.4) is 0 Å². The normalized spacial score (nSPS) is 14.8. The molecular weight excluding hydrogens is 384 g/mol. The van der Waals surface area contributed by atoms with E-state index in [-0.39, 0.29) is 18.5 Å². The Morgan fingerprint density at radius 3 is 2.31 bits per heavy atom. The van der Waals surface area contributed by atoms with Gasteiger partial charge in [0.15, 0.2) is 0 Å². The maximum atomic E-state index is 12.8. The lowest BCUT2D eigenvalue weighted by Crippen LogP contribution is -2.41. The maximum absolute atomic E-state index is 12.8. The van der Waals surface area contributed by atoms with E-state index in [0.717, 1.165) is 35.8 Å². The summed E-state index contributed by atoms with van der Waals surface area (Å²) < 4.78 is 26.1. The van der Waals surface area contributed by atoms with Gasteiger partial charge in [-0.05, 0) is 74.3 Å². The molecule has 156 valence electrons. The second-order valence-electron chi connectivity index (χ2n) is 8.03. The zero-order valence-corrected chi connectivity index (χ0v) is 18.5. The third-order valence-corrected chi connectivity index (χ3v) is 6.74. The Balaban J connectivity index is 1.77. The summed E-state index contributed by atoms with van der Waals surface area (Å²) in [5.74, 6) is -0.316. The number of nitrogens with one attached hydrogen (secondary N) is 1. The van der Waals surface area contributed by atoms with E-state index in [9.17, 15) is 13.2 Å². The Labute approximate surface area is 174 Å². The van der Waals surface area contributed by atoms with Crippen molar-refractivity contribution in [2.45, 2.75) is 52.5 Å². The van der Waals surface area contributed by atoms with Crippen LogP contribution in [0.4, 0.5) is 5.69 Å². The molecule has 0 bridgehead atoms. The standard InChI is InChI=1S/C23H30N2O3S/c1-16-8-7-9-17(2)23(16)25(29(4,27)28)15-22(26)24-18(3)20-13-12-19-10-5-6-11-21(19)14-20/h7-9,12-14,18H,5-6,10-11,15H2,1-4H3,(H,24,26)/t18-/m0/s1. The fourth-order valence-electron chi connectivity index (χ4n) is 4.08. The molecule has 29 heavy (non-hydrogen) atoms. The van der Waals surface area contributed by atoms with Crippen molar-refractivity contribution in [1.82, 2.24) is 5.32 Å². The summed E-state index contributed by atoms with van der Waals surface area (Å²) in [5.41, 5.74) is 6.04. The van der Waals surface area contributed by atoms with Gasteiger partial charge in [-0.3, -0.25) is 9.10 Å². The van der Waals surface area contributed by atoms with Crippen molar-refractivity contribution < 1.29 is 13.2 Å². The van der Waals surface area contributed by atoms with Crippen LogP contribution in [0.1, 0.15) is 53.6 Å². The molecule has 3 rings (SSSR count). The maximum Gasteiger partial charge on any atom is 0.241 e. The van der Waals surface area contributed by atoms with Crippen molar-refractivity contribution in [3.63, 3.8) is 0 Å². The number of aryl methyl sites for hydroxylation is 4. The van der Waals surface area contributed by atoms with Gasteiger partial charge in [-0.25, -0.2) is 8.42 Å². The van der Waals surface area contributed by atoms with Gasteiger partial charge >= 0.3 is 0 Å². The summed E-state index contributed by atoms with van der Waals surface area (Å²) in [5, 5.41) is 2.97. The van der Waals surface area contributed by atoms with E-state index in [0.29, 0.717) is 5.69 Å². The first kappa shape index (κ1) is 21.4. The number of carbonyl (C=O) groups excluding carboxylic acids is 1. The average Bonchev–Trinajstić information content (AvgIpc) is 2.65. The van der Waals surface area contributed by atoms with Crippen LogP contribution in [0.5, 0.6) is 0 Å². The van der Waals surface area contributed by atoms with E-state index >= 15 is 0 Å². The lowest BCUT2D eigenvalue weighted by Gasteiger charge is -2.26. The number of nitrogens with zero attached hydrogens (tertiary/aromatic N) is 1. The number of carbonyl (C=O) groups is 1. The van der Waals surface area contributed by atoms with Crippen LogP contribution >= 0.6 is 0 Å². The number of rotatable bonds is 6. The first-order valence-corrected chi connectivity index (χ1v) is 12.0. The molecule has 1 aliphatic carbocycles. The summed E-state index contributed by atoms with van der Waals surface area (Å²) in [6, 6.07) is 11.8. The molecule has 1 atom stereocenters. The van der Waals surface area contributed by atoms with Crippen LogP contribution in [0.15, 0.2) is 36.4 Å². The first-order chi connectivity index (χ1) is 13.7. The third kappa shape index (κ3) is 4.99. The molecule has 0 heterocycles. The molecule has 1 amide bonds. The fourth-order valence-corrected chi connectivity index (χ4v) is 5.06. The van der Waals surface area contributed by atoms with Gasteiger partial charge in [0.25, 0.3) is 0 Å². The lowest BCUT2D eigenvalue weighted by molar-refractivity contribution is -0.120. The molecule has 2 aromatic carbocycles. The molecule has 0 unspecified atom stereocenters. The Morgan fingerprint density at radius 1 is 1.07 bits per heavy atom. The molecule has 1 aliphatic rings.